The maximum absolute atomic E-state index is 12.0. The molecule has 1 heterocycles. The summed E-state index contributed by atoms with van der Waals surface area (Å²) in [5, 5.41) is 2.95. The van der Waals surface area contributed by atoms with Gasteiger partial charge in [-0.25, -0.2) is 0 Å². The number of piperazine rings is 1. The Labute approximate surface area is 163 Å². The van der Waals surface area contributed by atoms with Crippen LogP contribution in [0.4, 0.5) is 0 Å². The van der Waals surface area contributed by atoms with Crippen LogP contribution in [0.15, 0.2) is 24.3 Å². The molecule has 0 bridgehead atoms. The Morgan fingerprint density at radius 3 is 2.63 bits per heavy atom. The zero-order valence-corrected chi connectivity index (χ0v) is 17.0. The number of hydrogen-bond donors (Lipinski definition) is 1. The van der Waals surface area contributed by atoms with Crippen molar-refractivity contribution in [3.63, 3.8) is 0 Å². The summed E-state index contributed by atoms with van der Waals surface area (Å²) >= 11 is 0. The monoisotopic (exact) mass is 375 g/mol. The molecule has 1 amide bonds. The van der Waals surface area contributed by atoms with E-state index in [0.717, 1.165) is 44.7 Å². The number of carbonyl (C=O) groups is 1. The highest BCUT2D eigenvalue weighted by Gasteiger charge is 2.12. The van der Waals surface area contributed by atoms with Crippen molar-refractivity contribution >= 4 is 12.0 Å². The lowest BCUT2D eigenvalue weighted by Crippen LogP contribution is -2.45. The molecular formula is C21H33N3O3. The van der Waals surface area contributed by atoms with Gasteiger partial charge in [-0.05, 0) is 57.6 Å². The Balaban J connectivity index is 1.74. The molecule has 1 N–H and O–H groups in total. The van der Waals surface area contributed by atoms with E-state index in [4.69, 9.17) is 9.47 Å². The molecule has 0 aromatic heterocycles. The van der Waals surface area contributed by atoms with Crippen molar-refractivity contribution in [2.24, 2.45) is 0 Å². The summed E-state index contributed by atoms with van der Waals surface area (Å²) in [6.45, 7) is 10.2. The molecule has 1 aromatic carbocycles. The van der Waals surface area contributed by atoms with E-state index in [9.17, 15) is 4.79 Å². The maximum Gasteiger partial charge on any atom is 0.243 e. The Morgan fingerprint density at radius 2 is 1.96 bits per heavy atom. The quantitative estimate of drug-likeness (QED) is 0.530. The fourth-order valence-corrected chi connectivity index (χ4v) is 2.96. The van der Waals surface area contributed by atoms with Crippen LogP contribution in [0, 0.1) is 0 Å². The van der Waals surface area contributed by atoms with Gasteiger partial charge in [0.1, 0.15) is 0 Å². The molecular weight excluding hydrogens is 342 g/mol. The summed E-state index contributed by atoms with van der Waals surface area (Å²) < 4.78 is 11.1. The van der Waals surface area contributed by atoms with E-state index in [-0.39, 0.29) is 12.0 Å². The van der Waals surface area contributed by atoms with Gasteiger partial charge in [0.2, 0.25) is 5.91 Å². The Kier molecular flexibility index (Phi) is 8.61. The second-order valence-corrected chi connectivity index (χ2v) is 7.20. The van der Waals surface area contributed by atoms with Gasteiger partial charge in [-0.15, -0.1) is 0 Å². The van der Waals surface area contributed by atoms with Crippen LogP contribution in [-0.2, 0) is 4.79 Å². The van der Waals surface area contributed by atoms with Crippen LogP contribution in [0.3, 0.4) is 0 Å². The fourth-order valence-electron chi connectivity index (χ4n) is 2.96. The Hall–Kier alpha value is -2.05. The lowest BCUT2D eigenvalue weighted by molar-refractivity contribution is -0.116. The van der Waals surface area contributed by atoms with E-state index in [0.29, 0.717) is 18.0 Å². The van der Waals surface area contributed by atoms with Gasteiger partial charge in [0.05, 0.1) is 13.2 Å². The molecule has 1 aliphatic rings. The second-order valence-electron chi connectivity index (χ2n) is 7.20. The number of nitrogens with zero attached hydrogens (tertiary/aromatic N) is 2. The summed E-state index contributed by atoms with van der Waals surface area (Å²) in [6.07, 6.45) is 4.40. The summed E-state index contributed by atoms with van der Waals surface area (Å²) in [6, 6.07) is 5.65. The standard InChI is InChI=1S/C21H33N3O3/c1-17(2)27-19-8-6-18(16-20(19)26-4)7-9-21(25)22-10-5-11-24-14-12-23(3)13-15-24/h6-9,16-17H,5,10-15H2,1-4H3,(H,22,25)/b9-7+. The molecule has 27 heavy (non-hydrogen) atoms. The predicted octanol–water partition coefficient (Wildman–Crippen LogP) is 2.25. The number of rotatable bonds is 9. The van der Waals surface area contributed by atoms with Gasteiger partial charge in [-0.3, -0.25) is 4.79 Å². The van der Waals surface area contributed by atoms with Crippen LogP contribution in [0.1, 0.15) is 25.8 Å². The first-order valence-electron chi connectivity index (χ1n) is 9.69. The van der Waals surface area contributed by atoms with Crippen LogP contribution in [0.25, 0.3) is 6.08 Å². The van der Waals surface area contributed by atoms with Crippen molar-refractivity contribution in [3.8, 4) is 11.5 Å². The van der Waals surface area contributed by atoms with Gasteiger partial charge in [0, 0.05) is 38.8 Å². The molecule has 2 rings (SSSR count). The van der Waals surface area contributed by atoms with Crippen molar-refractivity contribution in [1.29, 1.82) is 0 Å². The van der Waals surface area contributed by atoms with Crippen molar-refractivity contribution < 1.29 is 14.3 Å². The van der Waals surface area contributed by atoms with Gasteiger partial charge in [-0.1, -0.05) is 6.07 Å². The first-order valence-corrected chi connectivity index (χ1v) is 9.69. The average molecular weight is 376 g/mol. The van der Waals surface area contributed by atoms with Crippen LogP contribution in [0.2, 0.25) is 0 Å². The van der Waals surface area contributed by atoms with Gasteiger partial charge >= 0.3 is 0 Å². The van der Waals surface area contributed by atoms with Gasteiger partial charge in [0.15, 0.2) is 11.5 Å². The predicted molar refractivity (Wildman–Crippen MR) is 109 cm³/mol. The Morgan fingerprint density at radius 1 is 1.22 bits per heavy atom. The number of benzene rings is 1. The summed E-state index contributed by atoms with van der Waals surface area (Å²) in [7, 11) is 3.77. The van der Waals surface area contributed by atoms with Gasteiger partial charge in [0.25, 0.3) is 0 Å². The second kappa shape index (κ2) is 10.9. The highest BCUT2D eigenvalue weighted by atomic mass is 16.5. The van der Waals surface area contributed by atoms with Crippen LogP contribution >= 0.6 is 0 Å². The SMILES string of the molecule is COc1cc(/C=C/C(=O)NCCCN2CCN(C)CC2)ccc1OC(C)C. The van der Waals surface area contributed by atoms with Gasteiger partial charge in [-0.2, -0.15) is 0 Å². The Bertz CT molecular complexity index is 623. The summed E-state index contributed by atoms with van der Waals surface area (Å²) in [5.41, 5.74) is 0.899. The lowest BCUT2D eigenvalue weighted by Gasteiger charge is -2.32. The molecule has 0 spiro atoms. The highest BCUT2D eigenvalue weighted by molar-refractivity contribution is 5.91. The molecule has 1 aromatic rings. The highest BCUT2D eigenvalue weighted by Crippen LogP contribution is 2.29. The lowest BCUT2D eigenvalue weighted by atomic mass is 10.2. The van der Waals surface area contributed by atoms with Crippen molar-refractivity contribution in [2.75, 3.05) is 53.4 Å². The minimum atomic E-state index is -0.0742. The molecule has 0 radical (unpaired) electrons. The molecule has 0 atom stereocenters. The fraction of sp³-hybridized carbons (Fsp3) is 0.571. The first-order chi connectivity index (χ1) is 13.0. The third-order valence-corrected chi connectivity index (χ3v) is 4.52. The van der Waals surface area contributed by atoms with Crippen molar-refractivity contribution in [2.45, 2.75) is 26.4 Å². The van der Waals surface area contributed by atoms with E-state index >= 15 is 0 Å². The minimum Gasteiger partial charge on any atom is -0.493 e. The number of nitrogens with one attached hydrogen (secondary N) is 1. The van der Waals surface area contributed by atoms with Crippen LogP contribution < -0.4 is 14.8 Å². The largest absolute Gasteiger partial charge is 0.493 e. The molecule has 6 nitrogen and oxygen atoms in total. The molecule has 1 fully saturated rings. The summed E-state index contributed by atoms with van der Waals surface area (Å²) in [5.74, 6) is 1.30. The molecule has 1 saturated heterocycles. The third kappa shape index (κ3) is 7.61. The minimum absolute atomic E-state index is 0.0742. The topological polar surface area (TPSA) is 54.0 Å². The maximum atomic E-state index is 12.0. The normalized spacial score (nSPS) is 16.0. The number of amides is 1. The first kappa shape index (κ1) is 21.3. The van der Waals surface area contributed by atoms with Crippen molar-refractivity contribution in [1.82, 2.24) is 15.1 Å². The number of carbonyl (C=O) groups excluding carboxylic acids is 1. The summed E-state index contributed by atoms with van der Waals surface area (Å²) in [4.78, 5) is 16.8. The van der Waals surface area contributed by atoms with Gasteiger partial charge < -0.3 is 24.6 Å². The smallest absolute Gasteiger partial charge is 0.243 e. The zero-order chi connectivity index (χ0) is 19.6. The van der Waals surface area contributed by atoms with Crippen molar-refractivity contribution in [3.05, 3.63) is 29.8 Å². The van der Waals surface area contributed by atoms with Crippen LogP contribution in [-0.4, -0.2) is 75.2 Å². The van der Waals surface area contributed by atoms with Crippen LogP contribution in [0.5, 0.6) is 11.5 Å². The molecule has 1 aliphatic heterocycles. The van der Waals surface area contributed by atoms with E-state index < -0.39 is 0 Å². The third-order valence-electron chi connectivity index (χ3n) is 4.52. The number of methoxy groups -OCH3 is 1. The molecule has 0 saturated carbocycles. The van der Waals surface area contributed by atoms with E-state index in [1.165, 1.54) is 0 Å². The number of likely N-dealkylation sites (N-methyl/N-ethyl adjacent to an activating group) is 1. The molecule has 0 unspecified atom stereocenters. The number of hydrogen-bond acceptors (Lipinski definition) is 5. The average Bonchev–Trinajstić information content (AvgIpc) is 2.65. The molecule has 6 heteroatoms. The molecule has 150 valence electrons. The zero-order valence-electron chi connectivity index (χ0n) is 17.0. The van der Waals surface area contributed by atoms with E-state index in [1.807, 2.05) is 32.0 Å². The van der Waals surface area contributed by atoms with E-state index in [1.54, 1.807) is 19.3 Å². The molecule has 0 aliphatic carbocycles. The number of ether oxygens (including phenoxy) is 2. The van der Waals surface area contributed by atoms with E-state index in [2.05, 4.69) is 22.2 Å².